The van der Waals surface area contributed by atoms with Gasteiger partial charge < -0.3 is 20.6 Å². The molecule has 4 N–H and O–H groups in total. The zero-order valence-corrected chi connectivity index (χ0v) is 19.9. The average molecular weight is 492 g/mol. The molecule has 2 amide bonds. The second-order valence-corrected chi connectivity index (χ2v) is 10.6. The van der Waals surface area contributed by atoms with E-state index in [1.165, 1.54) is 26.2 Å². The first kappa shape index (κ1) is 25.5. The summed E-state index contributed by atoms with van der Waals surface area (Å²) >= 11 is 1.01. The first-order valence-corrected chi connectivity index (χ1v) is 11.5. The Morgan fingerprint density at radius 1 is 1.31 bits per heavy atom. The van der Waals surface area contributed by atoms with Crippen LogP contribution in [0.25, 0.3) is 0 Å². The number of hydrogen-bond acceptors (Lipinski definition) is 11. The molecule has 13 nitrogen and oxygen atoms in total. The molecule has 0 bridgehead atoms. The standard InChI is InChI=1S/C17H25N5O8S2/c1-8-10(13(24)22(8)32(26,27)28)20-12(23)11(9-7-31-15(18)19-9)21-30-17(5,6)14(25)29-16(2,3)4/h7-8,10H,1-6H3,(H2,18,19)(H,20,23)(H,26,27,28)/b21-11+. The second kappa shape index (κ2) is 8.63. The van der Waals surface area contributed by atoms with Crippen LogP contribution in [0.1, 0.15) is 47.2 Å². The molecule has 1 saturated heterocycles. The molecule has 0 aliphatic carbocycles. The molecular weight excluding hydrogens is 466 g/mol. The van der Waals surface area contributed by atoms with Gasteiger partial charge in [0.05, 0.1) is 6.04 Å². The number of aromatic nitrogens is 1. The van der Waals surface area contributed by atoms with Crippen LogP contribution in [-0.4, -0.2) is 69.0 Å². The molecule has 2 rings (SSSR count). The van der Waals surface area contributed by atoms with E-state index in [-0.39, 0.29) is 15.1 Å². The van der Waals surface area contributed by atoms with Crippen molar-refractivity contribution in [1.82, 2.24) is 14.6 Å². The zero-order valence-electron chi connectivity index (χ0n) is 18.3. The summed E-state index contributed by atoms with van der Waals surface area (Å²) in [4.78, 5) is 46.5. The fourth-order valence-corrected chi connectivity index (χ4v) is 3.94. The number of hydrogen-bond donors (Lipinski definition) is 3. The predicted molar refractivity (Wildman–Crippen MR) is 114 cm³/mol. The molecule has 0 saturated carbocycles. The molecule has 1 aromatic heterocycles. The van der Waals surface area contributed by atoms with Crippen LogP contribution < -0.4 is 11.1 Å². The molecule has 15 heteroatoms. The molecule has 1 aromatic rings. The number of amides is 2. The third-order valence-corrected chi connectivity index (χ3v) is 5.79. The number of carbonyl (C=O) groups excluding carboxylic acids is 3. The smallest absolute Gasteiger partial charge is 0.362 e. The summed E-state index contributed by atoms with van der Waals surface area (Å²) < 4.78 is 37.1. The number of thiazole rings is 1. The van der Waals surface area contributed by atoms with Crippen LogP contribution in [0, 0.1) is 0 Å². The summed E-state index contributed by atoms with van der Waals surface area (Å²) in [6.45, 7) is 9.11. The van der Waals surface area contributed by atoms with Crippen molar-refractivity contribution in [2.45, 2.75) is 64.8 Å². The summed E-state index contributed by atoms with van der Waals surface area (Å²) in [6.07, 6.45) is 0. The SMILES string of the molecule is CC1C(NC(=O)/C(=N/OC(C)(C)C(=O)OC(C)(C)C)c2csc(N)n2)C(=O)N1S(=O)(=O)O. The lowest BCUT2D eigenvalue weighted by molar-refractivity contribution is -0.179. The van der Waals surface area contributed by atoms with Crippen LogP contribution in [0.5, 0.6) is 0 Å². The van der Waals surface area contributed by atoms with E-state index < -0.39 is 57.1 Å². The fourth-order valence-electron chi connectivity index (χ4n) is 2.51. The molecule has 1 aliphatic rings. The molecule has 0 spiro atoms. The largest absolute Gasteiger partial charge is 0.457 e. The number of nitrogens with zero attached hydrogens (tertiary/aromatic N) is 3. The van der Waals surface area contributed by atoms with Gasteiger partial charge in [-0.2, -0.15) is 8.42 Å². The van der Waals surface area contributed by atoms with Gasteiger partial charge in [-0.3, -0.25) is 14.1 Å². The number of ether oxygens (including phenoxy) is 1. The summed E-state index contributed by atoms with van der Waals surface area (Å²) in [5.74, 6) is -2.70. The molecule has 178 valence electrons. The maximum atomic E-state index is 12.8. The van der Waals surface area contributed by atoms with Crippen molar-refractivity contribution >= 4 is 50.3 Å². The van der Waals surface area contributed by atoms with Gasteiger partial charge in [-0.15, -0.1) is 11.3 Å². The van der Waals surface area contributed by atoms with Crippen molar-refractivity contribution < 1.29 is 36.9 Å². The molecule has 2 heterocycles. The van der Waals surface area contributed by atoms with Crippen LogP contribution in [0.15, 0.2) is 10.5 Å². The fraction of sp³-hybridized carbons (Fsp3) is 0.588. The van der Waals surface area contributed by atoms with Crippen molar-refractivity contribution in [2.75, 3.05) is 5.73 Å². The summed E-state index contributed by atoms with van der Waals surface area (Å²) in [6, 6.07) is -2.29. The predicted octanol–water partition coefficient (Wildman–Crippen LogP) is 0.0846. The van der Waals surface area contributed by atoms with Crippen LogP contribution >= 0.6 is 11.3 Å². The van der Waals surface area contributed by atoms with E-state index in [0.29, 0.717) is 0 Å². The molecule has 2 unspecified atom stereocenters. The summed E-state index contributed by atoms with van der Waals surface area (Å²) in [5, 5.41) is 7.61. The van der Waals surface area contributed by atoms with E-state index in [2.05, 4.69) is 15.5 Å². The van der Waals surface area contributed by atoms with Crippen molar-refractivity contribution in [3.8, 4) is 0 Å². The Bertz CT molecular complexity index is 1060. The van der Waals surface area contributed by atoms with Crippen LogP contribution in [0.2, 0.25) is 0 Å². The van der Waals surface area contributed by atoms with E-state index in [9.17, 15) is 22.8 Å². The molecule has 0 radical (unpaired) electrons. The number of β-lactam (4-membered cyclic amide) rings is 1. The lowest BCUT2D eigenvalue weighted by Crippen LogP contribution is -2.71. The Morgan fingerprint density at radius 2 is 1.91 bits per heavy atom. The minimum atomic E-state index is -4.76. The van der Waals surface area contributed by atoms with Crippen LogP contribution in [-0.2, 0) is 34.3 Å². The molecule has 0 aromatic carbocycles. The van der Waals surface area contributed by atoms with E-state index in [1.807, 2.05) is 0 Å². The Hall–Kier alpha value is -2.78. The summed E-state index contributed by atoms with van der Waals surface area (Å²) in [5.41, 5.74) is 2.85. The van der Waals surface area contributed by atoms with Crippen molar-refractivity contribution in [3.05, 3.63) is 11.1 Å². The normalized spacial score (nSPS) is 19.9. The zero-order chi connectivity index (χ0) is 24.6. The van der Waals surface area contributed by atoms with Crippen molar-refractivity contribution in [3.63, 3.8) is 0 Å². The summed E-state index contributed by atoms with van der Waals surface area (Å²) in [7, 11) is -4.76. The minimum Gasteiger partial charge on any atom is -0.457 e. The first-order valence-electron chi connectivity index (χ1n) is 9.26. The van der Waals surface area contributed by atoms with Gasteiger partial charge in [0, 0.05) is 5.38 Å². The maximum Gasteiger partial charge on any atom is 0.362 e. The van der Waals surface area contributed by atoms with Gasteiger partial charge in [-0.1, -0.05) is 5.16 Å². The number of esters is 1. The highest BCUT2D eigenvalue weighted by atomic mass is 32.2. The maximum absolute atomic E-state index is 12.8. The number of rotatable bonds is 7. The highest BCUT2D eigenvalue weighted by molar-refractivity contribution is 7.84. The van der Waals surface area contributed by atoms with Crippen molar-refractivity contribution in [1.29, 1.82) is 0 Å². The topological polar surface area (TPSA) is 191 Å². The number of oxime groups is 1. The molecular formula is C17H25N5O8S2. The quantitative estimate of drug-likeness (QED) is 0.155. The van der Waals surface area contributed by atoms with Gasteiger partial charge in [0.15, 0.2) is 10.8 Å². The van der Waals surface area contributed by atoms with Gasteiger partial charge in [0.25, 0.3) is 11.8 Å². The lowest BCUT2D eigenvalue weighted by Gasteiger charge is -2.42. The highest BCUT2D eigenvalue weighted by Gasteiger charge is 2.51. The molecule has 1 aliphatic heterocycles. The monoisotopic (exact) mass is 491 g/mol. The number of carbonyl (C=O) groups is 3. The lowest BCUT2D eigenvalue weighted by atomic mass is 10.0. The second-order valence-electron chi connectivity index (χ2n) is 8.42. The van der Waals surface area contributed by atoms with Gasteiger partial charge in [-0.25, -0.2) is 14.1 Å². The highest BCUT2D eigenvalue weighted by Crippen LogP contribution is 2.24. The number of nitrogen functional groups attached to an aromatic ring is 1. The molecule has 32 heavy (non-hydrogen) atoms. The van der Waals surface area contributed by atoms with Gasteiger partial charge in [-0.05, 0) is 41.5 Å². The van der Waals surface area contributed by atoms with Crippen LogP contribution in [0.4, 0.5) is 5.13 Å². The Morgan fingerprint density at radius 3 is 2.34 bits per heavy atom. The number of nitrogens with one attached hydrogen (secondary N) is 1. The third kappa shape index (κ3) is 5.72. The van der Waals surface area contributed by atoms with Gasteiger partial charge in [0.2, 0.25) is 5.60 Å². The Labute approximate surface area is 188 Å². The first-order chi connectivity index (χ1) is 14.4. The van der Waals surface area contributed by atoms with E-state index >= 15 is 0 Å². The number of anilines is 1. The average Bonchev–Trinajstić information content (AvgIpc) is 3.03. The number of nitrogens with two attached hydrogens (primary N) is 1. The van der Waals surface area contributed by atoms with Gasteiger partial charge in [0.1, 0.15) is 17.3 Å². The van der Waals surface area contributed by atoms with E-state index in [1.54, 1.807) is 20.8 Å². The van der Waals surface area contributed by atoms with E-state index in [4.69, 9.17) is 19.9 Å². The van der Waals surface area contributed by atoms with Crippen LogP contribution in [0.3, 0.4) is 0 Å². The van der Waals surface area contributed by atoms with Crippen molar-refractivity contribution in [2.24, 2.45) is 5.16 Å². The third-order valence-electron chi connectivity index (χ3n) is 4.11. The Kier molecular flexibility index (Phi) is 6.87. The van der Waals surface area contributed by atoms with E-state index in [0.717, 1.165) is 11.3 Å². The molecule has 2 atom stereocenters. The van der Waals surface area contributed by atoms with Gasteiger partial charge >= 0.3 is 16.3 Å². The minimum absolute atomic E-state index is 0.0102. The molecule has 1 fully saturated rings. The Balaban J connectivity index is 2.26.